The predicted molar refractivity (Wildman–Crippen MR) is 145 cm³/mol. The molecule has 2 aromatic carbocycles. The summed E-state index contributed by atoms with van der Waals surface area (Å²) in [6, 6.07) is 21.5. The quantitative estimate of drug-likeness (QED) is 0.322. The van der Waals surface area contributed by atoms with Crippen LogP contribution in [0.1, 0.15) is 24.4 Å². The molecule has 0 saturated carbocycles. The number of fused-ring (bicyclic) bond motifs is 2. The predicted octanol–water partition coefficient (Wildman–Crippen LogP) is 5.93. The van der Waals surface area contributed by atoms with Crippen LogP contribution in [0.3, 0.4) is 0 Å². The van der Waals surface area contributed by atoms with Crippen LogP contribution < -0.4 is 10.9 Å². The first-order valence-corrected chi connectivity index (χ1v) is 12.5. The molecule has 0 aliphatic rings. The van der Waals surface area contributed by atoms with Crippen molar-refractivity contribution in [2.45, 2.75) is 19.9 Å². The van der Waals surface area contributed by atoms with Crippen LogP contribution in [0, 0.1) is 6.92 Å². The van der Waals surface area contributed by atoms with Gasteiger partial charge < -0.3 is 5.32 Å². The molecule has 6 aromatic rings. The molecule has 0 saturated heterocycles. The summed E-state index contributed by atoms with van der Waals surface area (Å²) in [4.78, 5) is 32.5. The number of aromatic nitrogens is 5. The van der Waals surface area contributed by atoms with Crippen molar-refractivity contribution in [1.82, 2.24) is 24.5 Å². The molecule has 4 aromatic heterocycles. The summed E-state index contributed by atoms with van der Waals surface area (Å²) in [5.41, 5.74) is 6.79. The zero-order valence-electron chi connectivity index (χ0n) is 19.7. The third-order valence-corrected chi connectivity index (χ3v) is 6.96. The summed E-state index contributed by atoms with van der Waals surface area (Å²) in [7, 11) is 0. The Balaban J connectivity index is 1.58. The van der Waals surface area contributed by atoms with Gasteiger partial charge in [-0.2, -0.15) is 0 Å². The van der Waals surface area contributed by atoms with E-state index in [1.165, 1.54) is 17.7 Å². The molecule has 0 aliphatic carbocycles. The van der Waals surface area contributed by atoms with Gasteiger partial charge in [0.2, 0.25) is 0 Å². The highest BCUT2D eigenvalue weighted by Gasteiger charge is 2.20. The number of rotatable bonds is 5. The maximum absolute atomic E-state index is 14.2. The van der Waals surface area contributed by atoms with Crippen LogP contribution in [0.25, 0.3) is 37.9 Å². The maximum Gasteiger partial charge on any atom is 0.263 e. The molecule has 0 fully saturated rings. The summed E-state index contributed by atoms with van der Waals surface area (Å²) in [5, 5.41) is 5.02. The monoisotopic (exact) mass is 490 g/mol. The van der Waals surface area contributed by atoms with Crippen LogP contribution in [-0.4, -0.2) is 24.5 Å². The van der Waals surface area contributed by atoms with Crippen molar-refractivity contribution in [2.75, 3.05) is 5.32 Å². The van der Waals surface area contributed by atoms with Crippen molar-refractivity contribution in [3.8, 4) is 16.8 Å². The number of pyridine rings is 2. The summed E-state index contributed by atoms with van der Waals surface area (Å²) in [6.45, 7) is 3.98. The van der Waals surface area contributed by atoms with E-state index in [0.29, 0.717) is 11.2 Å². The molecule has 176 valence electrons. The van der Waals surface area contributed by atoms with E-state index in [-0.39, 0.29) is 11.6 Å². The van der Waals surface area contributed by atoms with Gasteiger partial charge in [0, 0.05) is 23.3 Å². The minimum atomic E-state index is -0.242. The second-order valence-corrected chi connectivity index (χ2v) is 9.43. The molecule has 7 nitrogen and oxygen atoms in total. The maximum atomic E-state index is 14.2. The van der Waals surface area contributed by atoms with Gasteiger partial charge in [-0.05, 0) is 60.7 Å². The molecule has 0 unspecified atom stereocenters. The Morgan fingerprint density at radius 2 is 1.81 bits per heavy atom. The van der Waals surface area contributed by atoms with E-state index < -0.39 is 0 Å². The summed E-state index contributed by atoms with van der Waals surface area (Å²) < 4.78 is 1.79. The highest BCUT2D eigenvalue weighted by molar-refractivity contribution is 7.16. The zero-order valence-corrected chi connectivity index (χ0v) is 20.5. The largest absolute Gasteiger partial charge is 0.360 e. The van der Waals surface area contributed by atoms with E-state index >= 15 is 0 Å². The molecule has 0 aliphatic heterocycles. The number of para-hydroxylation sites is 1. The van der Waals surface area contributed by atoms with Gasteiger partial charge in [-0.3, -0.25) is 14.3 Å². The second-order valence-electron chi connectivity index (χ2n) is 8.60. The van der Waals surface area contributed by atoms with Gasteiger partial charge in [0.1, 0.15) is 16.7 Å². The third-order valence-electron chi connectivity index (χ3n) is 6.23. The van der Waals surface area contributed by atoms with Crippen molar-refractivity contribution < 1.29 is 0 Å². The lowest BCUT2D eigenvalue weighted by Gasteiger charge is -2.22. The molecular weight excluding hydrogens is 468 g/mol. The number of hydrogen-bond acceptors (Lipinski definition) is 7. The van der Waals surface area contributed by atoms with Crippen molar-refractivity contribution in [1.29, 1.82) is 0 Å². The molecule has 4 heterocycles. The molecule has 0 radical (unpaired) electrons. The number of nitrogens with zero attached hydrogens (tertiary/aromatic N) is 5. The van der Waals surface area contributed by atoms with E-state index in [4.69, 9.17) is 0 Å². The second kappa shape index (κ2) is 8.98. The van der Waals surface area contributed by atoms with Gasteiger partial charge in [-0.15, -0.1) is 11.3 Å². The number of anilines is 1. The lowest BCUT2D eigenvalue weighted by molar-refractivity contribution is 0.774. The summed E-state index contributed by atoms with van der Waals surface area (Å²) in [6.07, 6.45) is 3.31. The minimum Gasteiger partial charge on any atom is -0.360 e. The lowest BCUT2D eigenvalue weighted by Crippen LogP contribution is -2.26. The van der Waals surface area contributed by atoms with Gasteiger partial charge in [0.15, 0.2) is 5.82 Å². The molecule has 8 heteroatoms. The van der Waals surface area contributed by atoms with Crippen LogP contribution in [0.2, 0.25) is 0 Å². The molecule has 1 N–H and O–H groups in total. The fourth-order valence-electron chi connectivity index (χ4n) is 4.58. The number of nitrogens with one attached hydrogen (secondary N) is 1. The Labute approximate surface area is 211 Å². The molecule has 36 heavy (non-hydrogen) atoms. The molecule has 1 atom stereocenters. The Kier molecular flexibility index (Phi) is 5.50. The summed E-state index contributed by atoms with van der Waals surface area (Å²) in [5.74, 6) is 0.641. The highest BCUT2D eigenvalue weighted by atomic mass is 32.1. The number of thiazole rings is 1. The van der Waals surface area contributed by atoms with Crippen LogP contribution in [0.15, 0.2) is 89.6 Å². The molecule has 0 bridgehead atoms. The van der Waals surface area contributed by atoms with E-state index in [2.05, 4.69) is 31.3 Å². The number of aryl methyl sites for hydroxylation is 1. The van der Waals surface area contributed by atoms with Gasteiger partial charge >= 0.3 is 0 Å². The van der Waals surface area contributed by atoms with Gasteiger partial charge in [0.25, 0.3) is 5.56 Å². The Hall–Kier alpha value is -4.43. The molecular formula is C28H22N6OS. The van der Waals surface area contributed by atoms with E-state index in [9.17, 15) is 4.79 Å². The van der Waals surface area contributed by atoms with Gasteiger partial charge in [-0.25, -0.2) is 15.0 Å². The van der Waals surface area contributed by atoms with E-state index in [1.807, 2.05) is 74.5 Å². The first-order valence-electron chi connectivity index (χ1n) is 11.6. The highest BCUT2D eigenvalue weighted by Crippen LogP contribution is 2.31. The SMILES string of the molecule is Cc1cc(-c2cccc3cc([C@H](C)Nc4ncnc5scnc45)n(-c4ccccc4)c(=O)c23)ccn1. The normalized spacial score (nSPS) is 12.2. The van der Waals surface area contributed by atoms with Crippen molar-refractivity contribution in [3.05, 3.63) is 107 Å². The Bertz CT molecular complexity index is 1780. The first kappa shape index (κ1) is 22.1. The fraction of sp³-hybridized carbons (Fsp3) is 0.107. The number of benzene rings is 2. The van der Waals surface area contributed by atoms with Crippen LogP contribution >= 0.6 is 11.3 Å². The topological polar surface area (TPSA) is 85.6 Å². The standard InChI is InChI=1S/C28H22N6OS/c1-17-13-19(11-12-29-17)22-10-6-7-20-14-23(34(28(35)24(20)22)21-8-4-3-5-9-21)18(2)33-26-25-27(31-15-30-26)36-16-32-25/h3-16,18H,1-2H3,(H,30,31,33)/t18-/m0/s1. The molecule has 6 rings (SSSR count). The fourth-order valence-corrected chi connectivity index (χ4v) is 5.20. The first-order chi connectivity index (χ1) is 17.6. The van der Waals surface area contributed by atoms with Crippen molar-refractivity contribution >= 4 is 38.3 Å². The number of hydrogen-bond donors (Lipinski definition) is 1. The molecule has 0 amide bonds. The van der Waals surface area contributed by atoms with Crippen molar-refractivity contribution in [2.24, 2.45) is 0 Å². The lowest BCUT2D eigenvalue weighted by atomic mass is 9.98. The molecule has 0 spiro atoms. The minimum absolute atomic E-state index is 0.0751. The van der Waals surface area contributed by atoms with Gasteiger partial charge in [-0.1, -0.05) is 36.4 Å². The van der Waals surface area contributed by atoms with Crippen LogP contribution in [0.5, 0.6) is 0 Å². The van der Waals surface area contributed by atoms with Crippen molar-refractivity contribution in [3.63, 3.8) is 0 Å². The van der Waals surface area contributed by atoms with E-state index in [0.717, 1.165) is 43.9 Å². The van der Waals surface area contributed by atoms with Crippen LogP contribution in [-0.2, 0) is 0 Å². The average molecular weight is 491 g/mol. The Morgan fingerprint density at radius 3 is 2.64 bits per heavy atom. The average Bonchev–Trinajstić information content (AvgIpc) is 3.39. The van der Waals surface area contributed by atoms with E-state index in [1.54, 1.807) is 16.3 Å². The zero-order chi connectivity index (χ0) is 24.6. The van der Waals surface area contributed by atoms with Crippen LogP contribution in [0.4, 0.5) is 5.82 Å². The van der Waals surface area contributed by atoms with Gasteiger partial charge in [0.05, 0.1) is 16.9 Å². The third kappa shape index (κ3) is 3.81. The summed E-state index contributed by atoms with van der Waals surface area (Å²) >= 11 is 1.47. The smallest absolute Gasteiger partial charge is 0.263 e. The Morgan fingerprint density at radius 1 is 0.944 bits per heavy atom.